The van der Waals surface area contributed by atoms with E-state index < -0.39 is 0 Å². The van der Waals surface area contributed by atoms with E-state index >= 15 is 0 Å². The average molecular weight is 374 g/mol. The number of aromatic nitrogens is 6. The Kier molecular flexibility index (Phi) is 4.25. The Bertz CT molecular complexity index is 1110. The molecule has 0 saturated carbocycles. The van der Waals surface area contributed by atoms with Crippen molar-refractivity contribution in [2.45, 2.75) is 18.9 Å². The number of nitrogens with zero attached hydrogens (tertiary/aromatic N) is 6. The monoisotopic (exact) mass is 374 g/mol. The number of aryl methyl sites for hydroxylation is 1. The van der Waals surface area contributed by atoms with Crippen LogP contribution in [0.15, 0.2) is 49.3 Å². The van der Waals surface area contributed by atoms with Crippen LogP contribution in [0.25, 0.3) is 28.2 Å². The molecule has 8 heteroatoms. The van der Waals surface area contributed by atoms with Crippen molar-refractivity contribution in [2.24, 2.45) is 7.05 Å². The Hall–Kier alpha value is -3.26. The molecule has 5 heterocycles. The second-order valence-electron chi connectivity index (χ2n) is 7.13. The highest BCUT2D eigenvalue weighted by Crippen LogP contribution is 2.29. The van der Waals surface area contributed by atoms with Crippen molar-refractivity contribution in [1.82, 2.24) is 34.4 Å². The van der Waals surface area contributed by atoms with Crippen LogP contribution >= 0.6 is 0 Å². The Morgan fingerprint density at radius 1 is 1.14 bits per heavy atom. The molecule has 4 aromatic heterocycles. The largest absolute Gasteiger partial charge is 0.366 e. The summed E-state index contributed by atoms with van der Waals surface area (Å²) in [5.41, 5.74) is 4.65. The van der Waals surface area contributed by atoms with Gasteiger partial charge in [0.15, 0.2) is 5.65 Å². The van der Waals surface area contributed by atoms with E-state index in [0.717, 1.165) is 53.5 Å². The van der Waals surface area contributed by atoms with Crippen molar-refractivity contribution < 1.29 is 0 Å². The van der Waals surface area contributed by atoms with E-state index in [1.165, 1.54) is 6.42 Å². The summed E-state index contributed by atoms with van der Waals surface area (Å²) in [5.74, 6) is 0.887. The van der Waals surface area contributed by atoms with Crippen LogP contribution in [0.1, 0.15) is 12.8 Å². The van der Waals surface area contributed by atoms with Crippen molar-refractivity contribution in [3.8, 4) is 22.5 Å². The maximum atomic E-state index is 4.61. The zero-order valence-electron chi connectivity index (χ0n) is 15.7. The minimum absolute atomic E-state index is 0.384. The molecule has 0 amide bonds. The molecule has 142 valence electrons. The third-order valence-corrected chi connectivity index (χ3v) is 5.12. The van der Waals surface area contributed by atoms with Gasteiger partial charge in [-0.15, -0.1) is 0 Å². The van der Waals surface area contributed by atoms with Gasteiger partial charge in [-0.25, -0.2) is 9.97 Å². The molecule has 1 fully saturated rings. The van der Waals surface area contributed by atoms with Gasteiger partial charge >= 0.3 is 0 Å². The molecular formula is C20H22N8. The van der Waals surface area contributed by atoms with E-state index in [9.17, 15) is 0 Å². The van der Waals surface area contributed by atoms with Gasteiger partial charge in [-0.05, 0) is 31.5 Å². The molecule has 1 saturated heterocycles. The van der Waals surface area contributed by atoms with Gasteiger partial charge in [0.25, 0.3) is 0 Å². The minimum atomic E-state index is 0.384. The SMILES string of the molecule is Cn1cc(-c2cn3c(-c4cccnc4N[C@@H]4CCCNC4)cnc3cn2)cn1. The lowest BCUT2D eigenvalue weighted by atomic mass is 10.1. The van der Waals surface area contributed by atoms with E-state index in [1.807, 2.05) is 44.1 Å². The van der Waals surface area contributed by atoms with Crippen LogP contribution in [0.4, 0.5) is 5.82 Å². The molecule has 1 aliphatic heterocycles. The quantitative estimate of drug-likeness (QED) is 0.570. The molecule has 0 bridgehead atoms. The first kappa shape index (κ1) is 16.9. The molecule has 4 aromatic rings. The number of rotatable bonds is 4. The van der Waals surface area contributed by atoms with Gasteiger partial charge in [0.2, 0.25) is 0 Å². The fourth-order valence-corrected chi connectivity index (χ4v) is 3.69. The highest BCUT2D eigenvalue weighted by atomic mass is 15.2. The second kappa shape index (κ2) is 7.05. The molecule has 1 aliphatic rings. The third kappa shape index (κ3) is 3.11. The van der Waals surface area contributed by atoms with Gasteiger partial charge in [-0.2, -0.15) is 5.10 Å². The summed E-state index contributed by atoms with van der Waals surface area (Å²) in [7, 11) is 1.90. The lowest BCUT2D eigenvalue weighted by molar-refractivity contribution is 0.479. The number of imidazole rings is 1. The van der Waals surface area contributed by atoms with Gasteiger partial charge in [-0.3, -0.25) is 14.1 Å². The van der Waals surface area contributed by atoms with Crippen LogP contribution in [-0.4, -0.2) is 48.3 Å². The highest BCUT2D eigenvalue weighted by molar-refractivity contribution is 5.75. The highest BCUT2D eigenvalue weighted by Gasteiger charge is 2.17. The Morgan fingerprint density at radius 3 is 2.93 bits per heavy atom. The van der Waals surface area contributed by atoms with E-state index in [1.54, 1.807) is 10.9 Å². The molecule has 0 radical (unpaired) electrons. The normalized spacial score (nSPS) is 17.1. The summed E-state index contributed by atoms with van der Waals surface area (Å²) in [5, 5.41) is 11.3. The molecule has 0 aliphatic carbocycles. The maximum absolute atomic E-state index is 4.61. The summed E-state index contributed by atoms with van der Waals surface area (Å²) < 4.78 is 3.84. The summed E-state index contributed by atoms with van der Waals surface area (Å²) in [4.78, 5) is 13.7. The number of fused-ring (bicyclic) bond motifs is 1. The molecule has 0 aromatic carbocycles. The van der Waals surface area contributed by atoms with Crippen LogP contribution in [0, 0.1) is 0 Å². The predicted molar refractivity (Wildman–Crippen MR) is 108 cm³/mol. The molecule has 0 unspecified atom stereocenters. The number of hydrogen-bond acceptors (Lipinski definition) is 6. The predicted octanol–water partition coefficient (Wildman–Crippen LogP) is 2.36. The zero-order chi connectivity index (χ0) is 18.9. The first-order valence-corrected chi connectivity index (χ1v) is 9.53. The Balaban J connectivity index is 1.56. The molecule has 0 spiro atoms. The fraction of sp³-hybridized carbons (Fsp3) is 0.300. The molecule has 1 atom stereocenters. The van der Waals surface area contributed by atoms with Crippen molar-refractivity contribution in [3.05, 3.63) is 49.3 Å². The maximum Gasteiger partial charge on any atom is 0.155 e. The lowest BCUT2D eigenvalue weighted by Crippen LogP contribution is -2.38. The van der Waals surface area contributed by atoms with Crippen LogP contribution < -0.4 is 10.6 Å². The molecule has 28 heavy (non-hydrogen) atoms. The minimum Gasteiger partial charge on any atom is -0.366 e. The standard InChI is InChI=1S/C20H22N8/c1-27-12-14(8-25-27)17-13-28-18(10-24-19(28)11-23-17)16-5-3-7-22-20(16)26-15-4-2-6-21-9-15/h3,5,7-8,10-13,15,21H,2,4,6,9H2,1H3,(H,22,26)/t15-/m1/s1. The van der Waals surface area contributed by atoms with E-state index in [-0.39, 0.29) is 0 Å². The first-order valence-electron chi connectivity index (χ1n) is 9.53. The van der Waals surface area contributed by atoms with Crippen molar-refractivity contribution >= 4 is 11.5 Å². The number of nitrogens with one attached hydrogen (secondary N) is 2. The van der Waals surface area contributed by atoms with Crippen molar-refractivity contribution in [2.75, 3.05) is 18.4 Å². The van der Waals surface area contributed by atoms with Gasteiger partial charge in [0.1, 0.15) is 5.82 Å². The van der Waals surface area contributed by atoms with Crippen molar-refractivity contribution in [1.29, 1.82) is 0 Å². The molecular weight excluding hydrogens is 352 g/mol. The van der Waals surface area contributed by atoms with E-state index in [0.29, 0.717) is 6.04 Å². The Labute approximate surface area is 162 Å². The van der Waals surface area contributed by atoms with E-state index in [2.05, 4.69) is 41.2 Å². The molecule has 2 N–H and O–H groups in total. The van der Waals surface area contributed by atoms with Gasteiger partial charge in [0.05, 0.1) is 30.0 Å². The van der Waals surface area contributed by atoms with Gasteiger partial charge in [-0.1, -0.05) is 0 Å². The summed E-state index contributed by atoms with van der Waals surface area (Å²) in [6, 6.07) is 4.43. The van der Waals surface area contributed by atoms with Crippen LogP contribution in [-0.2, 0) is 7.05 Å². The number of hydrogen-bond donors (Lipinski definition) is 2. The first-order chi connectivity index (χ1) is 13.8. The summed E-state index contributed by atoms with van der Waals surface area (Å²) in [6.07, 6.45) is 13.6. The van der Waals surface area contributed by atoms with Crippen LogP contribution in [0.5, 0.6) is 0 Å². The smallest absolute Gasteiger partial charge is 0.155 e. The van der Waals surface area contributed by atoms with Gasteiger partial charge in [0, 0.05) is 49.4 Å². The topological polar surface area (TPSA) is 85.0 Å². The van der Waals surface area contributed by atoms with Crippen LogP contribution in [0.3, 0.4) is 0 Å². The second-order valence-corrected chi connectivity index (χ2v) is 7.13. The average Bonchev–Trinajstić information content (AvgIpc) is 3.35. The lowest BCUT2D eigenvalue weighted by Gasteiger charge is -2.25. The summed E-state index contributed by atoms with van der Waals surface area (Å²) >= 11 is 0. The third-order valence-electron chi connectivity index (χ3n) is 5.12. The number of pyridine rings is 1. The fourth-order valence-electron chi connectivity index (χ4n) is 3.69. The zero-order valence-corrected chi connectivity index (χ0v) is 15.7. The Morgan fingerprint density at radius 2 is 2.11 bits per heavy atom. The van der Waals surface area contributed by atoms with Crippen molar-refractivity contribution in [3.63, 3.8) is 0 Å². The summed E-state index contributed by atoms with van der Waals surface area (Å²) in [6.45, 7) is 2.04. The number of piperidine rings is 1. The number of anilines is 1. The van der Waals surface area contributed by atoms with E-state index in [4.69, 9.17) is 0 Å². The molecule has 5 rings (SSSR count). The molecule has 8 nitrogen and oxygen atoms in total. The van der Waals surface area contributed by atoms with Crippen LogP contribution in [0.2, 0.25) is 0 Å². The van der Waals surface area contributed by atoms with Gasteiger partial charge < -0.3 is 10.6 Å².